The summed E-state index contributed by atoms with van der Waals surface area (Å²) in [7, 11) is 3.16. The summed E-state index contributed by atoms with van der Waals surface area (Å²) in [6, 6.07) is 22.0. The molecule has 0 unspecified atom stereocenters. The topological polar surface area (TPSA) is 48.0 Å². The lowest BCUT2D eigenvalue weighted by atomic mass is 9.87. The number of piperidine rings is 1. The molecule has 5 rings (SSSR count). The Balaban J connectivity index is 1.28. The van der Waals surface area contributed by atoms with Crippen LogP contribution in [0.25, 0.3) is 17.2 Å². The van der Waals surface area contributed by atoms with Crippen molar-refractivity contribution in [3.63, 3.8) is 0 Å². The molecule has 0 atom stereocenters. The summed E-state index contributed by atoms with van der Waals surface area (Å²) in [5.74, 6) is 2.07. The predicted molar refractivity (Wildman–Crippen MR) is 129 cm³/mol. The molecule has 2 aliphatic heterocycles. The van der Waals surface area contributed by atoms with E-state index in [4.69, 9.17) is 14.2 Å². The monoisotopic (exact) mass is 441 g/mol. The summed E-state index contributed by atoms with van der Waals surface area (Å²) in [5, 5.41) is 0. The molecule has 33 heavy (non-hydrogen) atoms. The Morgan fingerprint density at radius 1 is 0.879 bits per heavy atom. The zero-order chi connectivity index (χ0) is 22.8. The van der Waals surface area contributed by atoms with Crippen LogP contribution in [0.1, 0.15) is 28.8 Å². The molecule has 2 heterocycles. The number of methoxy groups -OCH3 is 2. The van der Waals surface area contributed by atoms with Crippen LogP contribution >= 0.6 is 0 Å². The van der Waals surface area contributed by atoms with Crippen LogP contribution < -0.4 is 14.2 Å². The van der Waals surface area contributed by atoms with Crippen molar-refractivity contribution in [2.24, 2.45) is 0 Å². The Labute approximate surface area is 194 Å². The fourth-order valence-corrected chi connectivity index (χ4v) is 4.59. The van der Waals surface area contributed by atoms with E-state index in [0.717, 1.165) is 24.2 Å². The lowest BCUT2D eigenvalue weighted by Crippen LogP contribution is -2.49. The second-order valence-electron chi connectivity index (χ2n) is 8.48. The van der Waals surface area contributed by atoms with Gasteiger partial charge in [0.05, 0.1) is 14.2 Å². The van der Waals surface area contributed by atoms with E-state index in [9.17, 15) is 4.79 Å². The fraction of sp³-hybridized carbons (Fsp3) is 0.250. The Bertz CT molecular complexity index is 1190. The quantitative estimate of drug-likeness (QED) is 0.540. The first-order valence-corrected chi connectivity index (χ1v) is 11.2. The maximum Gasteiger partial charge on any atom is 0.253 e. The maximum absolute atomic E-state index is 13.1. The highest BCUT2D eigenvalue weighted by atomic mass is 16.5. The number of benzene rings is 3. The van der Waals surface area contributed by atoms with Gasteiger partial charge >= 0.3 is 0 Å². The van der Waals surface area contributed by atoms with E-state index in [1.54, 1.807) is 32.4 Å². The van der Waals surface area contributed by atoms with E-state index in [0.29, 0.717) is 30.2 Å². The molecule has 3 aromatic carbocycles. The molecule has 3 aromatic rings. The maximum atomic E-state index is 13.1. The highest BCUT2D eigenvalue weighted by Gasteiger charge is 2.38. The highest BCUT2D eigenvalue weighted by molar-refractivity contribution is 5.95. The van der Waals surface area contributed by atoms with Gasteiger partial charge in [0.2, 0.25) is 0 Å². The minimum absolute atomic E-state index is 0.00139. The first kappa shape index (κ1) is 21.1. The van der Waals surface area contributed by atoms with Gasteiger partial charge in [-0.1, -0.05) is 42.5 Å². The lowest BCUT2D eigenvalue weighted by molar-refractivity contribution is 0.0329. The Morgan fingerprint density at radius 3 is 2.36 bits per heavy atom. The predicted octanol–water partition coefficient (Wildman–Crippen LogP) is 5.45. The molecule has 0 saturated carbocycles. The summed E-state index contributed by atoms with van der Waals surface area (Å²) < 4.78 is 17.1. The second-order valence-corrected chi connectivity index (χ2v) is 8.48. The molecular formula is C28H27NO4. The zero-order valence-electron chi connectivity index (χ0n) is 18.9. The van der Waals surface area contributed by atoms with Crippen LogP contribution in [0, 0.1) is 0 Å². The van der Waals surface area contributed by atoms with Crippen molar-refractivity contribution in [2.45, 2.75) is 18.4 Å². The third-order valence-corrected chi connectivity index (χ3v) is 6.52. The zero-order valence-corrected chi connectivity index (χ0v) is 18.9. The molecule has 1 saturated heterocycles. The minimum Gasteiger partial charge on any atom is -0.493 e. The van der Waals surface area contributed by atoms with Crippen LogP contribution in [0.15, 0.2) is 72.8 Å². The van der Waals surface area contributed by atoms with E-state index in [1.165, 1.54) is 11.1 Å². The number of amides is 1. The summed E-state index contributed by atoms with van der Waals surface area (Å²) in [6.45, 7) is 1.27. The van der Waals surface area contributed by atoms with Crippen molar-refractivity contribution in [2.75, 3.05) is 27.3 Å². The van der Waals surface area contributed by atoms with E-state index < -0.39 is 0 Å². The Morgan fingerprint density at radius 2 is 1.64 bits per heavy atom. The van der Waals surface area contributed by atoms with Gasteiger partial charge in [-0.05, 0) is 47.5 Å². The van der Waals surface area contributed by atoms with Crippen LogP contribution in [0.2, 0.25) is 0 Å². The van der Waals surface area contributed by atoms with Crippen molar-refractivity contribution < 1.29 is 19.0 Å². The highest BCUT2D eigenvalue weighted by Crippen LogP contribution is 2.39. The van der Waals surface area contributed by atoms with Gasteiger partial charge in [0, 0.05) is 37.1 Å². The number of ether oxygens (including phenoxy) is 3. The van der Waals surface area contributed by atoms with Crippen molar-refractivity contribution in [3.8, 4) is 28.4 Å². The normalized spacial score (nSPS) is 16.1. The third-order valence-electron chi connectivity index (χ3n) is 6.52. The smallest absolute Gasteiger partial charge is 0.253 e. The van der Waals surface area contributed by atoms with Crippen LogP contribution in [-0.4, -0.2) is 43.7 Å². The molecule has 5 heteroatoms. The molecule has 5 nitrogen and oxygen atoms in total. The number of hydrogen-bond acceptors (Lipinski definition) is 4. The van der Waals surface area contributed by atoms with E-state index in [-0.39, 0.29) is 11.5 Å². The van der Waals surface area contributed by atoms with E-state index in [1.807, 2.05) is 23.1 Å². The molecule has 0 radical (unpaired) electrons. The lowest BCUT2D eigenvalue weighted by Gasteiger charge is -2.42. The van der Waals surface area contributed by atoms with Gasteiger partial charge in [0.1, 0.15) is 11.4 Å². The number of carbonyl (C=O) groups excluding carboxylic acids is 1. The molecule has 0 bridgehead atoms. The number of likely N-dealkylation sites (tertiary alicyclic amines) is 1. The van der Waals surface area contributed by atoms with Gasteiger partial charge in [0.15, 0.2) is 11.5 Å². The van der Waals surface area contributed by atoms with Gasteiger partial charge in [-0.15, -0.1) is 0 Å². The average molecular weight is 442 g/mol. The first-order chi connectivity index (χ1) is 16.1. The molecule has 0 N–H and O–H groups in total. The molecule has 2 aliphatic rings. The third kappa shape index (κ3) is 4.07. The molecule has 1 amide bonds. The summed E-state index contributed by atoms with van der Waals surface area (Å²) in [6.07, 6.45) is 5.84. The van der Waals surface area contributed by atoms with Gasteiger partial charge in [0.25, 0.3) is 5.91 Å². The second kappa shape index (κ2) is 8.66. The molecule has 0 aromatic heterocycles. The van der Waals surface area contributed by atoms with Crippen LogP contribution in [-0.2, 0) is 0 Å². The number of fused-ring (bicyclic) bond motifs is 1. The summed E-state index contributed by atoms with van der Waals surface area (Å²) in [4.78, 5) is 15.0. The van der Waals surface area contributed by atoms with Crippen molar-refractivity contribution in [1.82, 2.24) is 4.90 Å². The van der Waals surface area contributed by atoms with Gasteiger partial charge < -0.3 is 19.1 Å². The van der Waals surface area contributed by atoms with Gasteiger partial charge in [-0.25, -0.2) is 0 Å². The number of nitrogens with zero attached hydrogens (tertiary/aromatic N) is 1. The number of carbonyl (C=O) groups is 1. The minimum atomic E-state index is -0.365. The van der Waals surface area contributed by atoms with E-state index in [2.05, 4.69) is 42.5 Å². The van der Waals surface area contributed by atoms with Gasteiger partial charge in [-0.3, -0.25) is 4.79 Å². The first-order valence-electron chi connectivity index (χ1n) is 11.2. The van der Waals surface area contributed by atoms with Crippen LogP contribution in [0.3, 0.4) is 0 Å². The van der Waals surface area contributed by atoms with Crippen molar-refractivity contribution in [1.29, 1.82) is 0 Å². The van der Waals surface area contributed by atoms with Crippen molar-refractivity contribution >= 4 is 12.0 Å². The number of hydrogen-bond donors (Lipinski definition) is 0. The Hall–Kier alpha value is -3.73. The Kier molecular flexibility index (Phi) is 5.55. The summed E-state index contributed by atoms with van der Waals surface area (Å²) >= 11 is 0. The molecule has 0 aliphatic carbocycles. The summed E-state index contributed by atoms with van der Waals surface area (Å²) in [5.41, 5.74) is 3.69. The van der Waals surface area contributed by atoms with Crippen molar-refractivity contribution in [3.05, 3.63) is 83.9 Å². The average Bonchev–Trinajstić information content (AvgIpc) is 2.88. The SMILES string of the molecule is COc1ccc(C(=O)N2CCC3(C=Cc4cc(-c5ccccc5)ccc4O3)CC2)cc1OC. The molecule has 168 valence electrons. The van der Waals surface area contributed by atoms with Gasteiger partial charge in [-0.2, -0.15) is 0 Å². The molecular weight excluding hydrogens is 414 g/mol. The molecule has 1 spiro atoms. The van der Waals surface area contributed by atoms with Crippen LogP contribution in [0.4, 0.5) is 0 Å². The largest absolute Gasteiger partial charge is 0.493 e. The number of rotatable bonds is 4. The van der Waals surface area contributed by atoms with Crippen LogP contribution in [0.5, 0.6) is 17.2 Å². The molecule has 1 fully saturated rings. The van der Waals surface area contributed by atoms with E-state index >= 15 is 0 Å². The standard InChI is InChI=1S/C28H27NO4/c1-31-25-11-9-23(19-26(25)32-2)27(30)29-16-14-28(15-17-29)13-12-22-18-21(8-10-24(22)33-28)20-6-4-3-5-7-20/h3-13,18-19H,14-17H2,1-2H3. The fourth-order valence-electron chi connectivity index (χ4n) is 4.59.